The van der Waals surface area contributed by atoms with Gasteiger partial charge in [-0.05, 0) is 42.3 Å². The smallest absolute Gasteiger partial charge is 0.126 e. The van der Waals surface area contributed by atoms with Gasteiger partial charge in [0.05, 0.1) is 13.2 Å². The minimum Gasteiger partial charge on any atom is -0.496 e. The van der Waals surface area contributed by atoms with Crippen molar-refractivity contribution in [3.05, 3.63) is 42.0 Å². The monoisotopic (exact) mass is 266 g/mol. The van der Waals surface area contributed by atoms with E-state index in [0.29, 0.717) is 0 Å². The minimum atomic E-state index is -0.258. The van der Waals surface area contributed by atoms with Crippen LogP contribution in [0.2, 0.25) is 0 Å². The van der Waals surface area contributed by atoms with E-state index in [0.717, 1.165) is 34.5 Å². The Balaban J connectivity index is 1.99. The fraction of sp³-hybridized carbons (Fsp3) is 0.353. The number of nitrogens with zero attached hydrogens (tertiary/aromatic N) is 1. The van der Waals surface area contributed by atoms with Crippen molar-refractivity contribution < 1.29 is 4.74 Å². The molecule has 0 aromatic heterocycles. The molecule has 102 valence electrons. The second-order valence-corrected chi connectivity index (χ2v) is 5.32. The summed E-state index contributed by atoms with van der Waals surface area (Å²) in [5, 5.41) is 15.0. The molecular weight excluding hydrogens is 248 g/mol. The third-order valence-electron chi connectivity index (χ3n) is 3.89. The van der Waals surface area contributed by atoms with Crippen LogP contribution >= 0.6 is 0 Å². The molecule has 0 bridgehead atoms. The summed E-state index contributed by atoms with van der Waals surface area (Å²) in [6.45, 7) is 0.929. The van der Waals surface area contributed by atoms with Gasteiger partial charge >= 0.3 is 0 Å². The third kappa shape index (κ3) is 2.48. The highest BCUT2D eigenvalue weighted by Gasteiger charge is 2.23. The summed E-state index contributed by atoms with van der Waals surface area (Å²) in [4.78, 5) is 0. The molecule has 1 N–H and O–H groups in total. The molecule has 3 nitrogen and oxygen atoms in total. The van der Waals surface area contributed by atoms with E-state index >= 15 is 0 Å². The number of fused-ring (bicyclic) bond motifs is 1. The molecule has 20 heavy (non-hydrogen) atoms. The molecule has 1 atom stereocenters. The van der Waals surface area contributed by atoms with Gasteiger partial charge in [-0.15, -0.1) is 0 Å². The fourth-order valence-corrected chi connectivity index (χ4v) is 2.56. The van der Waals surface area contributed by atoms with Crippen LogP contribution < -0.4 is 10.1 Å². The number of nitriles is 1. The Hall–Kier alpha value is -2.05. The molecule has 0 aliphatic heterocycles. The molecule has 1 aliphatic carbocycles. The van der Waals surface area contributed by atoms with E-state index in [2.05, 4.69) is 17.5 Å². The quantitative estimate of drug-likeness (QED) is 0.902. The molecule has 0 amide bonds. The number of ether oxygens (including phenoxy) is 1. The number of methoxy groups -OCH3 is 1. The molecule has 1 unspecified atom stereocenters. The number of nitrogens with one attached hydrogen (secondary N) is 1. The summed E-state index contributed by atoms with van der Waals surface area (Å²) in [7, 11) is 1.68. The first kappa shape index (κ1) is 13.0. The summed E-state index contributed by atoms with van der Waals surface area (Å²) in [6, 6.07) is 14.1. The Kier molecular flexibility index (Phi) is 3.58. The molecule has 3 heteroatoms. The Labute approximate surface area is 119 Å². The lowest BCUT2D eigenvalue weighted by Gasteiger charge is -2.15. The maximum atomic E-state index is 9.45. The van der Waals surface area contributed by atoms with Gasteiger partial charge in [-0.25, -0.2) is 0 Å². The first-order chi connectivity index (χ1) is 9.83. The summed E-state index contributed by atoms with van der Waals surface area (Å²) in [6.07, 6.45) is 2.57. The summed E-state index contributed by atoms with van der Waals surface area (Å²) >= 11 is 0. The van der Waals surface area contributed by atoms with Crippen molar-refractivity contribution in [3.63, 3.8) is 0 Å². The van der Waals surface area contributed by atoms with Crippen LogP contribution in [0.1, 0.15) is 24.4 Å². The molecular formula is C17H18N2O. The maximum Gasteiger partial charge on any atom is 0.126 e. The van der Waals surface area contributed by atoms with Gasteiger partial charge in [0, 0.05) is 5.39 Å². The van der Waals surface area contributed by atoms with Gasteiger partial charge in [-0.3, -0.25) is 5.32 Å². The van der Waals surface area contributed by atoms with E-state index in [4.69, 9.17) is 4.74 Å². The van der Waals surface area contributed by atoms with Crippen LogP contribution in [-0.4, -0.2) is 13.7 Å². The lowest BCUT2D eigenvalue weighted by molar-refractivity contribution is 0.419. The van der Waals surface area contributed by atoms with Crippen LogP contribution in [0.15, 0.2) is 36.4 Å². The summed E-state index contributed by atoms with van der Waals surface area (Å²) in [5.74, 6) is 1.61. The number of rotatable bonds is 5. The van der Waals surface area contributed by atoms with Crippen molar-refractivity contribution in [2.24, 2.45) is 5.92 Å². The second-order valence-electron chi connectivity index (χ2n) is 5.32. The number of hydrogen-bond acceptors (Lipinski definition) is 3. The van der Waals surface area contributed by atoms with Crippen molar-refractivity contribution in [2.75, 3.05) is 13.7 Å². The normalized spacial score (nSPS) is 15.8. The molecule has 1 fully saturated rings. The van der Waals surface area contributed by atoms with Crippen LogP contribution in [0.4, 0.5) is 0 Å². The predicted molar refractivity (Wildman–Crippen MR) is 79.6 cm³/mol. The zero-order chi connectivity index (χ0) is 13.9. The lowest BCUT2D eigenvalue weighted by Crippen LogP contribution is -2.22. The molecule has 0 radical (unpaired) electrons. The van der Waals surface area contributed by atoms with Crippen molar-refractivity contribution in [3.8, 4) is 11.8 Å². The van der Waals surface area contributed by atoms with Gasteiger partial charge < -0.3 is 4.74 Å². The molecule has 1 aliphatic rings. The van der Waals surface area contributed by atoms with E-state index in [1.54, 1.807) is 7.11 Å². The minimum absolute atomic E-state index is 0.258. The van der Waals surface area contributed by atoms with E-state index in [1.807, 2.05) is 30.3 Å². The molecule has 1 saturated carbocycles. The topological polar surface area (TPSA) is 45.0 Å². The lowest BCUT2D eigenvalue weighted by atomic mass is 9.98. The predicted octanol–water partition coefficient (Wildman–Crippen LogP) is 3.41. The zero-order valence-electron chi connectivity index (χ0n) is 11.6. The van der Waals surface area contributed by atoms with Crippen molar-refractivity contribution >= 4 is 10.8 Å². The zero-order valence-corrected chi connectivity index (χ0v) is 11.6. The number of benzene rings is 2. The van der Waals surface area contributed by atoms with Gasteiger partial charge in [-0.2, -0.15) is 5.26 Å². The van der Waals surface area contributed by atoms with Gasteiger partial charge in [0.25, 0.3) is 0 Å². The Bertz CT molecular complexity index is 656. The van der Waals surface area contributed by atoms with Gasteiger partial charge in [-0.1, -0.05) is 30.3 Å². The van der Waals surface area contributed by atoms with Crippen LogP contribution in [0.25, 0.3) is 10.8 Å². The highest BCUT2D eigenvalue weighted by atomic mass is 16.5. The van der Waals surface area contributed by atoms with Crippen LogP contribution in [-0.2, 0) is 0 Å². The van der Waals surface area contributed by atoms with E-state index < -0.39 is 0 Å². The van der Waals surface area contributed by atoms with Crippen molar-refractivity contribution in [1.82, 2.24) is 5.32 Å². The average Bonchev–Trinajstić information content (AvgIpc) is 3.32. The van der Waals surface area contributed by atoms with Crippen LogP contribution in [0, 0.1) is 17.2 Å². The van der Waals surface area contributed by atoms with Crippen molar-refractivity contribution in [2.45, 2.75) is 18.9 Å². The Morgan fingerprint density at radius 3 is 2.65 bits per heavy atom. The second kappa shape index (κ2) is 5.52. The van der Waals surface area contributed by atoms with Crippen LogP contribution in [0.3, 0.4) is 0 Å². The highest BCUT2D eigenvalue weighted by Crippen LogP contribution is 2.32. The molecule has 2 aromatic rings. The molecule has 3 rings (SSSR count). The first-order valence-corrected chi connectivity index (χ1v) is 7.02. The van der Waals surface area contributed by atoms with Crippen LogP contribution in [0.5, 0.6) is 5.75 Å². The van der Waals surface area contributed by atoms with Gasteiger partial charge in [0.15, 0.2) is 0 Å². The van der Waals surface area contributed by atoms with Crippen molar-refractivity contribution in [1.29, 1.82) is 5.26 Å². The van der Waals surface area contributed by atoms with Gasteiger partial charge in [0.2, 0.25) is 0 Å². The number of hydrogen-bond donors (Lipinski definition) is 1. The SMILES string of the molecule is COc1ccc(C(C#N)NCC2CC2)c2ccccc12. The molecule has 2 aromatic carbocycles. The van der Waals surface area contributed by atoms with Gasteiger partial charge in [0.1, 0.15) is 11.8 Å². The molecule has 0 saturated heterocycles. The summed E-state index contributed by atoms with van der Waals surface area (Å²) < 4.78 is 5.40. The molecule has 0 heterocycles. The summed E-state index contributed by atoms with van der Waals surface area (Å²) in [5.41, 5.74) is 1.03. The third-order valence-corrected chi connectivity index (χ3v) is 3.89. The Morgan fingerprint density at radius 2 is 2.00 bits per heavy atom. The first-order valence-electron chi connectivity index (χ1n) is 7.02. The fourth-order valence-electron chi connectivity index (χ4n) is 2.56. The molecule has 0 spiro atoms. The van der Waals surface area contributed by atoms with E-state index in [9.17, 15) is 5.26 Å². The van der Waals surface area contributed by atoms with E-state index in [-0.39, 0.29) is 6.04 Å². The average molecular weight is 266 g/mol. The Morgan fingerprint density at radius 1 is 1.25 bits per heavy atom. The maximum absolute atomic E-state index is 9.45. The van der Waals surface area contributed by atoms with E-state index in [1.165, 1.54) is 12.8 Å². The largest absolute Gasteiger partial charge is 0.496 e. The highest BCUT2D eigenvalue weighted by molar-refractivity contribution is 5.91. The standard InChI is InChI=1S/C17H18N2O/c1-20-17-9-8-14(13-4-2-3-5-15(13)17)16(10-18)19-11-12-6-7-12/h2-5,8-9,12,16,19H,6-7,11H2,1H3.